The number of carboxylic acids is 1. The predicted octanol–water partition coefficient (Wildman–Crippen LogP) is 3.71. The molecule has 120 valence electrons. The number of carbonyl (C=O) groups is 2. The summed E-state index contributed by atoms with van der Waals surface area (Å²) in [6.45, 7) is 3.73. The van der Waals surface area contributed by atoms with E-state index >= 15 is 0 Å². The minimum Gasteiger partial charge on any atom is -0.487 e. The molecule has 6 heteroatoms. The number of halogens is 1. The third-order valence-electron chi connectivity index (χ3n) is 3.86. The fourth-order valence-electron chi connectivity index (χ4n) is 2.53. The van der Waals surface area contributed by atoms with Gasteiger partial charge in [-0.2, -0.15) is 0 Å². The largest absolute Gasteiger partial charge is 0.487 e. The number of carbonyl (C=O) groups excluding carboxylic acids is 1. The van der Waals surface area contributed by atoms with Crippen molar-refractivity contribution < 1.29 is 19.4 Å². The highest BCUT2D eigenvalue weighted by atomic mass is 35.5. The Bertz CT molecular complexity index is 582. The predicted molar refractivity (Wildman–Crippen MR) is 84.4 cm³/mol. The third-order valence-corrected chi connectivity index (χ3v) is 4.16. The molecule has 0 bridgehead atoms. The van der Waals surface area contributed by atoms with Gasteiger partial charge in [0.2, 0.25) is 5.91 Å². The second-order valence-corrected chi connectivity index (χ2v) is 6.35. The Morgan fingerprint density at radius 3 is 2.59 bits per heavy atom. The molecule has 0 saturated heterocycles. The molecule has 1 aromatic rings. The molecule has 1 amide bonds. The van der Waals surface area contributed by atoms with Gasteiger partial charge in [0.1, 0.15) is 0 Å². The quantitative estimate of drug-likeness (QED) is 0.836. The smallest absolute Gasteiger partial charge is 0.310 e. The van der Waals surface area contributed by atoms with Crippen LogP contribution in [-0.4, -0.2) is 23.1 Å². The lowest BCUT2D eigenvalue weighted by Gasteiger charge is -2.36. The van der Waals surface area contributed by atoms with Crippen LogP contribution in [0, 0.1) is 5.41 Å². The van der Waals surface area contributed by atoms with Crippen molar-refractivity contribution in [1.82, 2.24) is 0 Å². The molecule has 0 heterocycles. The number of carboxylic acid groups (broad SMARTS) is 1. The maximum Gasteiger partial charge on any atom is 0.310 e. The van der Waals surface area contributed by atoms with Crippen LogP contribution in [-0.2, 0) is 9.59 Å². The van der Waals surface area contributed by atoms with E-state index in [9.17, 15) is 14.7 Å². The topological polar surface area (TPSA) is 75.6 Å². The summed E-state index contributed by atoms with van der Waals surface area (Å²) in [5.41, 5.74) is -0.451. The van der Waals surface area contributed by atoms with Crippen molar-refractivity contribution in [3.63, 3.8) is 0 Å². The van der Waals surface area contributed by atoms with Gasteiger partial charge in [-0.1, -0.05) is 24.1 Å². The first-order chi connectivity index (χ1) is 10.3. The number of hydrogen-bond donors (Lipinski definition) is 2. The summed E-state index contributed by atoms with van der Waals surface area (Å²) >= 11 is 6.11. The summed E-state index contributed by atoms with van der Waals surface area (Å²) < 4.78 is 5.63. The van der Waals surface area contributed by atoms with Crippen molar-refractivity contribution in [2.75, 3.05) is 5.32 Å². The third kappa shape index (κ3) is 3.53. The molecule has 1 aromatic carbocycles. The van der Waals surface area contributed by atoms with Crippen LogP contribution in [0.1, 0.15) is 39.5 Å². The molecule has 1 aliphatic carbocycles. The molecular formula is C16H20ClNO4. The number of para-hydroxylation sites is 1. The molecule has 0 unspecified atom stereocenters. The van der Waals surface area contributed by atoms with Gasteiger partial charge in [0.15, 0.2) is 5.75 Å². The van der Waals surface area contributed by atoms with E-state index in [2.05, 4.69) is 5.32 Å². The zero-order chi connectivity index (χ0) is 16.3. The van der Waals surface area contributed by atoms with Gasteiger partial charge >= 0.3 is 5.97 Å². The van der Waals surface area contributed by atoms with Crippen molar-refractivity contribution in [2.45, 2.75) is 45.6 Å². The highest BCUT2D eigenvalue weighted by Crippen LogP contribution is 2.44. The highest BCUT2D eigenvalue weighted by molar-refractivity contribution is 6.32. The minimum atomic E-state index is -0.915. The molecule has 0 aliphatic heterocycles. The monoisotopic (exact) mass is 325 g/mol. The van der Waals surface area contributed by atoms with Gasteiger partial charge in [-0.15, -0.1) is 0 Å². The molecule has 2 N–H and O–H groups in total. The van der Waals surface area contributed by atoms with Gasteiger partial charge in [-0.05, 0) is 38.8 Å². The first kappa shape index (κ1) is 16.6. The zero-order valence-corrected chi connectivity index (χ0v) is 13.4. The number of rotatable bonds is 6. The van der Waals surface area contributed by atoms with E-state index in [1.54, 1.807) is 18.2 Å². The molecule has 1 saturated carbocycles. The van der Waals surface area contributed by atoms with Crippen LogP contribution in [0.4, 0.5) is 5.69 Å². The summed E-state index contributed by atoms with van der Waals surface area (Å²) in [7, 11) is 0. The summed E-state index contributed by atoms with van der Waals surface area (Å²) in [6, 6.07) is 5.08. The maximum absolute atomic E-state index is 12.2. The zero-order valence-electron chi connectivity index (χ0n) is 12.7. The number of anilines is 1. The van der Waals surface area contributed by atoms with Gasteiger partial charge in [0, 0.05) is 6.42 Å². The Balaban J connectivity index is 2.12. The Morgan fingerprint density at radius 2 is 2.09 bits per heavy atom. The molecule has 0 radical (unpaired) electrons. The highest BCUT2D eigenvalue weighted by Gasteiger charge is 2.45. The second-order valence-electron chi connectivity index (χ2n) is 5.95. The van der Waals surface area contributed by atoms with Crippen LogP contribution in [0.25, 0.3) is 0 Å². The van der Waals surface area contributed by atoms with Gasteiger partial charge in [-0.25, -0.2) is 0 Å². The molecule has 0 atom stereocenters. The Kier molecular flexibility index (Phi) is 4.96. The van der Waals surface area contributed by atoms with Crippen molar-refractivity contribution in [1.29, 1.82) is 0 Å². The average molecular weight is 326 g/mol. The first-order valence-corrected chi connectivity index (χ1v) is 7.70. The lowest BCUT2D eigenvalue weighted by Crippen LogP contribution is -2.41. The van der Waals surface area contributed by atoms with Crippen LogP contribution in [0.2, 0.25) is 5.02 Å². The van der Waals surface area contributed by atoms with Crippen LogP contribution in [0.15, 0.2) is 18.2 Å². The summed E-state index contributed by atoms with van der Waals surface area (Å²) in [6.07, 6.45) is 1.81. The minimum absolute atomic E-state index is 0.0318. The number of hydrogen-bond acceptors (Lipinski definition) is 3. The fraction of sp³-hybridized carbons (Fsp3) is 0.500. The van der Waals surface area contributed by atoms with Crippen molar-refractivity contribution in [3.05, 3.63) is 23.2 Å². The molecule has 0 spiro atoms. The Morgan fingerprint density at radius 1 is 1.41 bits per heavy atom. The van der Waals surface area contributed by atoms with Gasteiger partial charge in [-0.3, -0.25) is 9.59 Å². The van der Waals surface area contributed by atoms with E-state index in [0.29, 0.717) is 29.3 Å². The van der Waals surface area contributed by atoms with E-state index in [4.69, 9.17) is 16.3 Å². The first-order valence-electron chi connectivity index (χ1n) is 7.32. The van der Waals surface area contributed by atoms with Crippen LogP contribution < -0.4 is 10.1 Å². The van der Waals surface area contributed by atoms with E-state index in [1.165, 1.54) is 0 Å². The lowest BCUT2D eigenvalue weighted by atomic mass is 9.66. The van der Waals surface area contributed by atoms with E-state index < -0.39 is 11.4 Å². The van der Waals surface area contributed by atoms with E-state index in [0.717, 1.165) is 6.42 Å². The molecule has 1 fully saturated rings. The fourth-order valence-corrected chi connectivity index (χ4v) is 2.75. The number of amides is 1. The van der Waals surface area contributed by atoms with Gasteiger partial charge in [0.25, 0.3) is 0 Å². The molecule has 2 rings (SSSR count). The van der Waals surface area contributed by atoms with Crippen LogP contribution >= 0.6 is 11.6 Å². The van der Waals surface area contributed by atoms with Crippen LogP contribution in [0.3, 0.4) is 0 Å². The Labute approximate surface area is 134 Å². The van der Waals surface area contributed by atoms with Gasteiger partial charge in [0.05, 0.1) is 22.2 Å². The summed E-state index contributed by atoms with van der Waals surface area (Å²) in [5, 5.41) is 12.4. The van der Waals surface area contributed by atoms with Crippen molar-refractivity contribution in [2.24, 2.45) is 5.41 Å². The number of benzene rings is 1. The molecule has 22 heavy (non-hydrogen) atoms. The van der Waals surface area contributed by atoms with Crippen molar-refractivity contribution >= 4 is 29.2 Å². The number of nitrogens with one attached hydrogen (secondary N) is 1. The maximum atomic E-state index is 12.2. The summed E-state index contributed by atoms with van der Waals surface area (Å²) in [5.74, 6) is -0.831. The van der Waals surface area contributed by atoms with E-state index in [1.807, 2.05) is 13.8 Å². The summed E-state index contributed by atoms with van der Waals surface area (Å²) in [4.78, 5) is 23.5. The normalized spacial score (nSPS) is 16.0. The lowest BCUT2D eigenvalue weighted by molar-refractivity contribution is -0.157. The average Bonchev–Trinajstić information content (AvgIpc) is 2.37. The Hall–Kier alpha value is -1.75. The number of aliphatic carboxylic acids is 1. The molecule has 1 aliphatic rings. The second kappa shape index (κ2) is 6.57. The molecule has 0 aromatic heterocycles. The SMILES string of the molecule is CC(C)Oc1c(Cl)cccc1NC(=O)CC1(C(=O)O)CCC1. The number of ether oxygens (including phenoxy) is 1. The van der Waals surface area contributed by atoms with Gasteiger partial charge < -0.3 is 15.2 Å². The van der Waals surface area contributed by atoms with Crippen molar-refractivity contribution in [3.8, 4) is 5.75 Å². The molecule has 5 nitrogen and oxygen atoms in total. The standard InChI is InChI=1S/C16H20ClNO4/c1-10(2)22-14-11(17)5-3-6-12(14)18-13(19)9-16(15(20)21)7-4-8-16/h3,5-6,10H,4,7-9H2,1-2H3,(H,18,19)(H,20,21). The molecular weight excluding hydrogens is 306 g/mol. The van der Waals surface area contributed by atoms with Crippen LogP contribution in [0.5, 0.6) is 5.75 Å². The van der Waals surface area contributed by atoms with E-state index in [-0.39, 0.29) is 18.4 Å².